The van der Waals surface area contributed by atoms with Crippen LogP contribution in [0.2, 0.25) is 0 Å². The predicted molar refractivity (Wildman–Crippen MR) is 85.8 cm³/mol. The van der Waals surface area contributed by atoms with Crippen molar-refractivity contribution < 1.29 is 4.74 Å². The monoisotopic (exact) mass is 292 g/mol. The van der Waals surface area contributed by atoms with Crippen LogP contribution in [0, 0.1) is 0 Å². The number of ether oxygens (including phenoxy) is 1. The van der Waals surface area contributed by atoms with Gasteiger partial charge in [0.1, 0.15) is 17.9 Å². The van der Waals surface area contributed by atoms with Crippen molar-refractivity contribution in [2.75, 3.05) is 12.8 Å². The quantitative estimate of drug-likeness (QED) is 0.786. The summed E-state index contributed by atoms with van der Waals surface area (Å²) >= 11 is 0. The fourth-order valence-corrected chi connectivity index (χ4v) is 3.21. The molecule has 110 valence electrons. The first kappa shape index (κ1) is 13.0. The van der Waals surface area contributed by atoms with Crippen LogP contribution in [0.1, 0.15) is 17.7 Å². The number of pyridine rings is 1. The number of hydrogen-bond acceptors (Lipinski definition) is 5. The molecule has 1 aliphatic carbocycles. The van der Waals surface area contributed by atoms with Gasteiger partial charge >= 0.3 is 0 Å². The maximum Gasteiger partial charge on any atom is 0.165 e. The molecule has 2 N–H and O–H groups in total. The number of anilines is 1. The van der Waals surface area contributed by atoms with Crippen molar-refractivity contribution in [3.63, 3.8) is 0 Å². The van der Waals surface area contributed by atoms with E-state index in [9.17, 15) is 0 Å². The van der Waals surface area contributed by atoms with Gasteiger partial charge in [0.05, 0.1) is 12.5 Å². The molecule has 5 nitrogen and oxygen atoms in total. The van der Waals surface area contributed by atoms with Gasteiger partial charge in [-0.2, -0.15) is 0 Å². The van der Waals surface area contributed by atoms with Crippen molar-refractivity contribution in [2.24, 2.45) is 0 Å². The van der Waals surface area contributed by atoms with Gasteiger partial charge in [-0.3, -0.25) is 0 Å². The molecule has 0 fully saturated rings. The zero-order valence-corrected chi connectivity index (χ0v) is 12.3. The Morgan fingerprint density at radius 1 is 1.18 bits per heavy atom. The lowest BCUT2D eigenvalue weighted by molar-refractivity contribution is 0.415. The Kier molecular flexibility index (Phi) is 2.92. The van der Waals surface area contributed by atoms with E-state index in [0.29, 0.717) is 11.5 Å². The molecule has 4 rings (SSSR count). The first-order chi connectivity index (χ1) is 10.8. The number of benzene rings is 1. The molecule has 0 saturated heterocycles. The highest BCUT2D eigenvalue weighted by atomic mass is 16.5. The van der Waals surface area contributed by atoms with Crippen molar-refractivity contribution >= 4 is 16.9 Å². The Labute approximate surface area is 128 Å². The third kappa shape index (κ3) is 1.89. The topological polar surface area (TPSA) is 73.9 Å². The van der Waals surface area contributed by atoms with E-state index in [1.807, 2.05) is 18.2 Å². The fourth-order valence-electron chi connectivity index (χ4n) is 3.21. The van der Waals surface area contributed by atoms with Crippen LogP contribution in [-0.4, -0.2) is 22.1 Å². The number of fused-ring (bicyclic) bond motifs is 2. The number of aryl methyl sites for hydroxylation is 1. The van der Waals surface area contributed by atoms with E-state index in [2.05, 4.69) is 21.0 Å². The highest BCUT2D eigenvalue weighted by Gasteiger charge is 2.22. The summed E-state index contributed by atoms with van der Waals surface area (Å²) in [6.45, 7) is 0. The van der Waals surface area contributed by atoms with E-state index < -0.39 is 0 Å². The Morgan fingerprint density at radius 2 is 2.09 bits per heavy atom. The van der Waals surface area contributed by atoms with Gasteiger partial charge < -0.3 is 10.5 Å². The average Bonchev–Trinajstić information content (AvgIpc) is 3.01. The smallest absolute Gasteiger partial charge is 0.165 e. The number of nitrogens with zero attached hydrogens (tertiary/aromatic N) is 3. The van der Waals surface area contributed by atoms with Crippen molar-refractivity contribution in [3.05, 3.63) is 41.9 Å². The normalized spacial score (nSPS) is 13.3. The van der Waals surface area contributed by atoms with Crippen LogP contribution < -0.4 is 10.5 Å². The van der Waals surface area contributed by atoms with Crippen LogP contribution >= 0.6 is 0 Å². The van der Waals surface area contributed by atoms with Gasteiger partial charge in [-0.1, -0.05) is 12.1 Å². The molecule has 1 aromatic carbocycles. The van der Waals surface area contributed by atoms with Gasteiger partial charge in [0.15, 0.2) is 5.65 Å². The molecular formula is C17H16N4O. The van der Waals surface area contributed by atoms with Gasteiger partial charge in [-0.25, -0.2) is 15.0 Å². The maximum absolute atomic E-state index is 6.14. The van der Waals surface area contributed by atoms with Crippen LogP contribution in [0.5, 0.6) is 5.75 Å². The molecule has 22 heavy (non-hydrogen) atoms. The minimum absolute atomic E-state index is 0.477. The molecule has 0 atom stereocenters. The third-order valence-corrected chi connectivity index (χ3v) is 4.20. The number of methoxy groups -OCH3 is 1. The van der Waals surface area contributed by atoms with Crippen molar-refractivity contribution in [1.29, 1.82) is 0 Å². The molecule has 0 bridgehead atoms. The summed E-state index contributed by atoms with van der Waals surface area (Å²) < 4.78 is 5.36. The maximum atomic E-state index is 6.14. The molecular weight excluding hydrogens is 276 g/mol. The highest BCUT2D eigenvalue weighted by Crippen LogP contribution is 2.39. The number of nitrogen functional groups attached to an aromatic ring is 1. The van der Waals surface area contributed by atoms with Crippen molar-refractivity contribution in [2.45, 2.75) is 19.3 Å². The molecule has 2 aromatic heterocycles. The summed E-state index contributed by atoms with van der Waals surface area (Å²) in [7, 11) is 1.67. The third-order valence-electron chi connectivity index (χ3n) is 4.20. The molecule has 0 amide bonds. The zero-order valence-electron chi connectivity index (χ0n) is 12.3. The summed E-state index contributed by atoms with van der Waals surface area (Å²) in [5.74, 6) is 1.30. The van der Waals surface area contributed by atoms with Gasteiger partial charge in [0.2, 0.25) is 0 Å². The lowest BCUT2D eigenvalue weighted by Crippen LogP contribution is -2.02. The molecule has 3 aromatic rings. The summed E-state index contributed by atoms with van der Waals surface area (Å²) in [5, 5.41) is 0.844. The van der Waals surface area contributed by atoms with E-state index in [1.54, 1.807) is 7.11 Å². The molecule has 2 heterocycles. The summed E-state index contributed by atoms with van der Waals surface area (Å²) in [6, 6.07) is 8.02. The van der Waals surface area contributed by atoms with E-state index >= 15 is 0 Å². The number of nitrogens with two attached hydrogens (primary N) is 1. The van der Waals surface area contributed by atoms with Crippen LogP contribution in [0.3, 0.4) is 0 Å². The Hall–Kier alpha value is -2.69. The SMILES string of the molecule is COc1cccc(-c2c3c(nc4ncnc(N)c24)CCC3)c1. The number of aromatic nitrogens is 3. The largest absolute Gasteiger partial charge is 0.497 e. The van der Waals surface area contributed by atoms with Crippen LogP contribution in [0.4, 0.5) is 5.82 Å². The van der Waals surface area contributed by atoms with Crippen molar-refractivity contribution in [1.82, 2.24) is 15.0 Å². The average molecular weight is 292 g/mol. The predicted octanol–water partition coefficient (Wildman–Crippen LogP) is 2.77. The number of rotatable bonds is 2. The Bertz CT molecular complexity index is 876. The van der Waals surface area contributed by atoms with E-state index in [4.69, 9.17) is 10.5 Å². The fraction of sp³-hybridized carbons (Fsp3) is 0.235. The Morgan fingerprint density at radius 3 is 2.95 bits per heavy atom. The minimum atomic E-state index is 0.477. The molecule has 0 aliphatic heterocycles. The van der Waals surface area contributed by atoms with Crippen LogP contribution in [0.15, 0.2) is 30.6 Å². The summed E-state index contributed by atoms with van der Waals surface area (Å²) in [5.41, 5.74) is 11.4. The lowest BCUT2D eigenvalue weighted by atomic mass is 9.96. The second kappa shape index (κ2) is 4.94. The second-order valence-electron chi connectivity index (χ2n) is 5.46. The molecule has 1 aliphatic rings. The van der Waals surface area contributed by atoms with Crippen LogP contribution in [0.25, 0.3) is 22.2 Å². The van der Waals surface area contributed by atoms with Gasteiger partial charge in [-0.05, 0) is 42.5 Å². The minimum Gasteiger partial charge on any atom is -0.497 e. The van der Waals surface area contributed by atoms with Crippen LogP contribution in [-0.2, 0) is 12.8 Å². The number of hydrogen-bond donors (Lipinski definition) is 1. The zero-order chi connectivity index (χ0) is 15.1. The lowest BCUT2D eigenvalue weighted by Gasteiger charge is -2.14. The first-order valence-electron chi connectivity index (χ1n) is 7.34. The Balaban J connectivity index is 2.11. The molecule has 5 heteroatoms. The van der Waals surface area contributed by atoms with E-state index in [0.717, 1.165) is 47.2 Å². The van der Waals surface area contributed by atoms with E-state index in [1.165, 1.54) is 11.9 Å². The first-order valence-corrected chi connectivity index (χ1v) is 7.34. The molecule has 0 radical (unpaired) electrons. The molecule has 0 spiro atoms. The molecule has 0 unspecified atom stereocenters. The summed E-state index contributed by atoms with van der Waals surface area (Å²) in [4.78, 5) is 13.2. The van der Waals surface area contributed by atoms with Gasteiger partial charge in [0, 0.05) is 11.3 Å². The highest BCUT2D eigenvalue weighted by molar-refractivity contribution is 6.01. The van der Waals surface area contributed by atoms with Gasteiger partial charge in [-0.15, -0.1) is 0 Å². The van der Waals surface area contributed by atoms with Crippen molar-refractivity contribution in [3.8, 4) is 16.9 Å². The summed E-state index contributed by atoms with van der Waals surface area (Å²) in [6.07, 6.45) is 4.59. The second-order valence-corrected chi connectivity index (χ2v) is 5.46. The molecule has 0 saturated carbocycles. The van der Waals surface area contributed by atoms with Gasteiger partial charge in [0.25, 0.3) is 0 Å². The standard InChI is InChI=1S/C17H16N4O/c1-22-11-5-2-4-10(8-11)14-12-6-3-7-13(12)21-17-15(14)16(18)19-9-20-17/h2,4-5,8-9H,3,6-7H2,1H3,(H2,18,19,20,21). The van der Waals surface area contributed by atoms with E-state index in [-0.39, 0.29) is 0 Å².